The number of carbonyl (C=O) groups is 4. The number of hydrogen-bond acceptors (Lipinski definition) is 10. The Kier molecular flexibility index (Phi) is 14.2. The fraction of sp³-hybridized carbons (Fsp3) is 0.500. The Labute approximate surface area is 386 Å². The van der Waals surface area contributed by atoms with E-state index in [-0.39, 0.29) is 49.8 Å². The lowest BCUT2D eigenvalue weighted by Gasteiger charge is -2.36. The first-order chi connectivity index (χ1) is 31.4. The van der Waals surface area contributed by atoms with Crippen molar-refractivity contribution in [2.45, 2.75) is 104 Å². The summed E-state index contributed by atoms with van der Waals surface area (Å²) in [5.74, 6) is 2.85. The van der Waals surface area contributed by atoms with Gasteiger partial charge in [-0.15, -0.1) is 5.01 Å². The van der Waals surface area contributed by atoms with Gasteiger partial charge >= 0.3 is 5.97 Å². The fourth-order valence-corrected chi connectivity index (χ4v) is 9.70. The molecule has 3 amide bonds. The Bertz CT molecular complexity index is 2590. The van der Waals surface area contributed by atoms with Gasteiger partial charge in [0, 0.05) is 68.2 Å². The van der Waals surface area contributed by atoms with Crippen LogP contribution in [0.4, 0.5) is 0 Å². The number of aromatic nitrogens is 2. The lowest BCUT2D eigenvalue weighted by molar-refractivity contribution is -0.732. The zero-order chi connectivity index (χ0) is 47.6. The SMILES string of the molecule is CC#CC(=O)N1CC[C@H]([N+](=O)N(C)[C@H](C(=O)NC2Cc3cc(O)cc(c3)-c3ccc4c(c3)c(c(-c3cccnc3[C@H](C)OC)n4C)CC(C)(C)COC(=O)[C@@H]3CCCN(N3)C2=O)C(C)C)C1. The number of methoxy groups -OCH3 is 1. The van der Waals surface area contributed by atoms with Crippen LogP contribution in [-0.2, 0) is 48.5 Å². The highest BCUT2D eigenvalue weighted by Crippen LogP contribution is 2.41. The quantitative estimate of drug-likeness (QED) is 0.0866. The lowest BCUT2D eigenvalue weighted by Crippen LogP contribution is -2.62. The number of pyridine rings is 1. The van der Waals surface area contributed by atoms with Gasteiger partial charge in [-0.3, -0.25) is 29.2 Å². The summed E-state index contributed by atoms with van der Waals surface area (Å²) in [6.45, 7) is 12.2. The van der Waals surface area contributed by atoms with Crippen LogP contribution < -0.4 is 10.7 Å². The van der Waals surface area contributed by atoms with Crippen molar-refractivity contribution in [2.24, 2.45) is 18.4 Å². The van der Waals surface area contributed by atoms with Gasteiger partial charge in [0.05, 0.1) is 42.6 Å². The van der Waals surface area contributed by atoms with Crippen molar-refractivity contribution < 1.29 is 38.6 Å². The first-order valence-corrected chi connectivity index (χ1v) is 22.8. The molecule has 3 aliphatic heterocycles. The van der Waals surface area contributed by atoms with Gasteiger partial charge in [0.15, 0.2) is 6.04 Å². The largest absolute Gasteiger partial charge is 0.508 e. The number of carbonyl (C=O) groups excluding carboxylic acids is 4. The molecule has 7 rings (SSSR count). The number of likely N-dealkylation sites (tertiary alicyclic amines) is 1. The van der Waals surface area contributed by atoms with Gasteiger partial charge in [0.2, 0.25) is 5.91 Å². The van der Waals surface area contributed by atoms with Crippen molar-refractivity contribution in [3.05, 3.63) is 76.5 Å². The Morgan fingerprint density at radius 3 is 2.59 bits per heavy atom. The predicted octanol–water partition coefficient (Wildman–Crippen LogP) is 5.24. The summed E-state index contributed by atoms with van der Waals surface area (Å²) in [5.41, 5.74) is 9.35. The van der Waals surface area contributed by atoms with Crippen molar-refractivity contribution in [3.63, 3.8) is 0 Å². The minimum atomic E-state index is -1.18. The van der Waals surface area contributed by atoms with E-state index >= 15 is 0 Å². The van der Waals surface area contributed by atoms with Crippen molar-refractivity contribution in [3.8, 4) is 40.0 Å². The molecular weight excluding hydrogens is 841 g/mol. The average molecular weight is 904 g/mol. The molecule has 5 atom stereocenters. The number of nitroso groups, excluding NO2 is 1. The topological polar surface area (TPSA) is 179 Å². The fourth-order valence-electron chi connectivity index (χ4n) is 9.70. The summed E-state index contributed by atoms with van der Waals surface area (Å²) >= 11 is 0. The van der Waals surface area contributed by atoms with E-state index in [1.54, 1.807) is 32.4 Å². The molecule has 2 aromatic carbocycles. The van der Waals surface area contributed by atoms with Crippen LogP contribution in [0.1, 0.15) is 83.7 Å². The number of phenols is 1. The minimum absolute atomic E-state index is 0.0205. The van der Waals surface area contributed by atoms with Crippen LogP contribution in [0.25, 0.3) is 33.3 Å². The van der Waals surface area contributed by atoms with Gasteiger partial charge in [-0.1, -0.05) is 45.7 Å². The number of aryl methyl sites for hydroxylation is 1. The number of aromatic hydroxyl groups is 1. The molecule has 16 nitrogen and oxygen atoms in total. The molecule has 1 unspecified atom stereocenters. The van der Waals surface area contributed by atoms with Crippen LogP contribution in [0, 0.1) is 28.1 Å². The molecule has 2 aromatic heterocycles. The zero-order valence-electron chi connectivity index (χ0n) is 39.5. The maximum atomic E-state index is 14.7. The summed E-state index contributed by atoms with van der Waals surface area (Å²) < 4.78 is 14.0. The van der Waals surface area contributed by atoms with Gasteiger partial charge in [-0.05, 0) is 104 Å². The van der Waals surface area contributed by atoms with Gasteiger partial charge < -0.3 is 29.4 Å². The summed E-state index contributed by atoms with van der Waals surface area (Å²) in [7, 11) is 5.23. The molecule has 0 spiro atoms. The molecule has 5 heterocycles. The molecule has 0 saturated carbocycles. The van der Waals surface area contributed by atoms with E-state index in [9.17, 15) is 29.2 Å². The number of ether oxygens (including phenoxy) is 2. The second kappa shape index (κ2) is 19.7. The summed E-state index contributed by atoms with van der Waals surface area (Å²) in [6, 6.07) is 11.7. The number of amides is 3. The van der Waals surface area contributed by atoms with E-state index in [1.165, 1.54) is 22.0 Å². The third-order valence-corrected chi connectivity index (χ3v) is 13.1. The molecule has 350 valence electrons. The predicted molar refractivity (Wildman–Crippen MR) is 249 cm³/mol. The number of nitrogens with one attached hydrogen (secondary N) is 2. The first-order valence-electron chi connectivity index (χ1n) is 22.8. The highest BCUT2D eigenvalue weighted by Gasteiger charge is 2.45. The van der Waals surface area contributed by atoms with Crippen LogP contribution in [0.15, 0.2) is 54.7 Å². The maximum Gasteiger partial charge on any atom is 0.324 e. The average Bonchev–Trinajstić information content (AvgIpc) is 3.89. The highest BCUT2D eigenvalue weighted by atomic mass is 16.5. The van der Waals surface area contributed by atoms with E-state index in [0.29, 0.717) is 43.4 Å². The normalized spacial score (nSPS) is 20.8. The van der Waals surface area contributed by atoms with Crippen LogP contribution >= 0.6 is 0 Å². The van der Waals surface area contributed by atoms with Gasteiger partial charge in [0.25, 0.3) is 17.9 Å². The molecule has 16 heteroatoms. The molecule has 6 bridgehead atoms. The Balaban J connectivity index is 1.29. The number of benzene rings is 2. The molecule has 4 aromatic rings. The van der Waals surface area contributed by atoms with Gasteiger partial charge in [0.1, 0.15) is 22.7 Å². The highest BCUT2D eigenvalue weighted by molar-refractivity contribution is 5.96. The third-order valence-electron chi connectivity index (χ3n) is 13.1. The first kappa shape index (κ1) is 47.6. The molecule has 2 fully saturated rings. The molecule has 3 N–H and O–H groups in total. The molecule has 66 heavy (non-hydrogen) atoms. The van der Waals surface area contributed by atoms with E-state index in [2.05, 4.69) is 59.2 Å². The number of nitrogens with zero attached hydrogens (tertiary/aromatic N) is 6. The zero-order valence-corrected chi connectivity index (χ0v) is 39.5. The smallest absolute Gasteiger partial charge is 0.324 e. The van der Waals surface area contributed by atoms with Crippen molar-refractivity contribution >= 4 is 34.6 Å². The second-order valence-electron chi connectivity index (χ2n) is 19.0. The van der Waals surface area contributed by atoms with Crippen LogP contribution in [0.5, 0.6) is 5.75 Å². The van der Waals surface area contributed by atoms with E-state index in [0.717, 1.165) is 43.9 Å². The number of hydrogen-bond donors (Lipinski definition) is 3. The monoisotopic (exact) mass is 903 g/mol. The Morgan fingerprint density at radius 2 is 1.86 bits per heavy atom. The second-order valence-corrected chi connectivity index (χ2v) is 19.0. The Hall–Kier alpha value is -6.31. The van der Waals surface area contributed by atoms with E-state index in [1.807, 2.05) is 46.0 Å². The summed E-state index contributed by atoms with van der Waals surface area (Å²) in [6.07, 6.45) is 3.32. The molecule has 0 radical (unpaired) electrons. The van der Waals surface area contributed by atoms with Crippen molar-refractivity contribution in [1.29, 1.82) is 0 Å². The molecule has 0 aliphatic carbocycles. The molecule has 3 aliphatic rings. The number of esters is 1. The van der Waals surface area contributed by atoms with Gasteiger partial charge in [-0.25, -0.2) is 5.43 Å². The minimum Gasteiger partial charge on any atom is -0.508 e. The lowest BCUT2D eigenvalue weighted by atomic mass is 9.84. The number of cyclic esters (lactones) is 1. The number of hydrazine groups is 2. The van der Waals surface area contributed by atoms with Crippen LogP contribution in [0.2, 0.25) is 0 Å². The summed E-state index contributed by atoms with van der Waals surface area (Å²) in [4.78, 5) is 76.5. The number of likely N-dealkylation sites (N-methyl/N-ethyl adjacent to an activating group) is 1. The van der Waals surface area contributed by atoms with Crippen LogP contribution in [-0.4, -0.2) is 123 Å². The standard InChI is InChI=1S/C50H62N8O8/c1-10-13-43(60)56-21-18-35(28-56)58(64)55(8)45(30(2)3)47(61)52-41-24-32-22-34(25-36(59)23-32)33-16-17-42-38(26-33)39(46(54(42)7)37-14-11-19-51-44(37)31(4)65-9)27-50(5,6)29-66-49(63)40-15-12-20-57(53-40)48(41)62/h11,14,16-17,19,22-23,25-26,30-31,35,40-41,45,53H,12,15,18,20-21,24,27-29H2,1-9H3,(H-,52,59,61)/p+1/t31-,35-,40-,41?,45-/m0/s1. The van der Waals surface area contributed by atoms with E-state index in [4.69, 9.17) is 14.5 Å². The molecular formula is C50H63N8O8+. The van der Waals surface area contributed by atoms with Crippen molar-refractivity contribution in [2.75, 3.05) is 40.4 Å². The third kappa shape index (κ3) is 9.92. The number of phenolic OH excluding ortho intramolecular Hbond substituents is 1. The number of rotatable bonds is 9. The summed E-state index contributed by atoms with van der Waals surface area (Å²) in [5, 5.41) is 18.0. The molecule has 2 saturated heterocycles. The van der Waals surface area contributed by atoms with Crippen molar-refractivity contribution in [1.82, 2.24) is 35.2 Å². The Morgan fingerprint density at radius 1 is 1.09 bits per heavy atom. The maximum absolute atomic E-state index is 14.7. The number of fused-ring (bicyclic) bond motifs is 6. The van der Waals surface area contributed by atoms with Crippen LogP contribution in [0.3, 0.4) is 0 Å². The van der Waals surface area contributed by atoms with E-state index < -0.39 is 47.4 Å². The van der Waals surface area contributed by atoms with Gasteiger partial charge in [-0.2, -0.15) is 0 Å².